The van der Waals surface area contributed by atoms with Crippen molar-refractivity contribution in [2.45, 2.75) is 13.3 Å². The van der Waals surface area contributed by atoms with Crippen LogP contribution in [0.25, 0.3) is 11.6 Å². The van der Waals surface area contributed by atoms with E-state index in [9.17, 15) is 19.8 Å². The van der Waals surface area contributed by atoms with E-state index >= 15 is 0 Å². The summed E-state index contributed by atoms with van der Waals surface area (Å²) in [5.74, 6) is -1.78. The lowest BCUT2D eigenvalue weighted by atomic mass is 9.91. The van der Waals surface area contributed by atoms with Gasteiger partial charge in [0.25, 0.3) is 0 Å². The van der Waals surface area contributed by atoms with Crippen LogP contribution in [0.3, 0.4) is 0 Å². The molecule has 0 unspecified atom stereocenters. The van der Waals surface area contributed by atoms with E-state index in [2.05, 4.69) is 10.6 Å². The van der Waals surface area contributed by atoms with Crippen LogP contribution < -0.4 is 10.6 Å². The van der Waals surface area contributed by atoms with Crippen LogP contribution >= 0.6 is 0 Å². The lowest BCUT2D eigenvalue weighted by Crippen LogP contribution is -2.37. The fourth-order valence-corrected chi connectivity index (χ4v) is 3.08. The maximum Gasteiger partial charge on any atom is 0.328 e. The van der Waals surface area contributed by atoms with E-state index in [0.29, 0.717) is 35.6 Å². The van der Waals surface area contributed by atoms with Crippen molar-refractivity contribution in [3.8, 4) is 11.5 Å². The zero-order chi connectivity index (χ0) is 21.0. The van der Waals surface area contributed by atoms with Gasteiger partial charge in [0.2, 0.25) is 0 Å². The van der Waals surface area contributed by atoms with Gasteiger partial charge in [-0.3, -0.25) is 4.79 Å². The third kappa shape index (κ3) is 4.57. The minimum Gasteiger partial charge on any atom is -0.504 e. The molecule has 1 aliphatic heterocycles. The number of ketones is 1. The Morgan fingerprint density at radius 3 is 2.24 bits per heavy atom. The van der Waals surface area contributed by atoms with E-state index in [1.165, 1.54) is 18.2 Å². The Bertz CT molecular complexity index is 999. The van der Waals surface area contributed by atoms with Crippen molar-refractivity contribution in [3.63, 3.8) is 0 Å². The van der Waals surface area contributed by atoms with Crippen molar-refractivity contribution in [1.29, 1.82) is 0 Å². The number of carboxylic acid groups (broad SMARTS) is 1. The molecule has 0 aromatic heterocycles. The van der Waals surface area contributed by atoms with Gasteiger partial charge in [-0.25, -0.2) is 4.79 Å². The highest BCUT2D eigenvalue weighted by Gasteiger charge is 2.24. The molecule has 1 saturated heterocycles. The van der Waals surface area contributed by atoms with Crippen molar-refractivity contribution < 1.29 is 24.9 Å². The molecule has 5 N–H and O–H groups in total. The van der Waals surface area contributed by atoms with E-state index in [1.54, 1.807) is 12.1 Å². The van der Waals surface area contributed by atoms with Crippen molar-refractivity contribution in [2.24, 2.45) is 0 Å². The van der Waals surface area contributed by atoms with Crippen LogP contribution in [0.15, 0.2) is 48.3 Å². The topological polar surface area (TPSA) is 119 Å². The number of phenolic OH excluding ortho intramolecular Hbond substituents is 2. The number of aryl methyl sites for hydroxylation is 1. The summed E-state index contributed by atoms with van der Waals surface area (Å²) in [4.78, 5) is 24.4. The van der Waals surface area contributed by atoms with Gasteiger partial charge < -0.3 is 26.0 Å². The molecule has 0 bridgehead atoms. The Balaban J connectivity index is 2.22. The van der Waals surface area contributed by atoms with Crippen LogP contribution in [0, 0.1) is 6.92 Å². The summed E-state index contributed by atoms with van der Waals surface area (Å²) < 4.78 is 0. The fourth-order valence-electron chi connectivity index (χ4n) is 3.08. The maximum absolute atomic E-state index is 13.4. The van der Waals surface area contributed by atoms with E-state index in [-0.39, 0.29) is 11.4 Å². The highest BCUT2D eigenvalue weighted by atomic mass is 16.4. The van der Waals surface area contributed by atoms with E-state index in [4.69, 9.17) is 5.11 Å². The monoisotopic (exact) mass is 394 g/mol. The molecule has 0 aliphatic carbocycles. The Morgan fingerprint density at radius 2 is 1.62 bits per heavy atom. The molecule has 29 heavy (non-hydrogen) atoms. The number of Topliss-reactive ketones (excluding diaryl/α,β-unsaturated/α-hetero) is 1. The fraction of sp³-hybridized carbons (Fsp3) is 0.182. The minimum atomic E-state index is -1.17. The number of hydrogen-bond donors (Lipinski definition) is 5. The predicted octanol–water partition coefficient (Wildman–Crippen LogP) is 2.64. The third-order valence-corrected chi connectivity index (χ3v) is 4.57. The molecular weight excluding hydrogens is 372 g/mol. The van der Waals surface area contributed by atoms with Gasteiger partial charge in [0, 0.05) is 30.3 Å². The second-order valence-corrected chi connectivity index (χ2v) is 6.75. The SMILES string of the molecule is Cc1ccc(C(=O)C(=C2NCCCN2)c2cc(O)c(O)cc2/C=C/C(=O)O)cc1. The molecule has 3 rings (SSSR count). The number of rotatable bonds is 5. The lowest BCUT2D eigenvalue weighted by molar-refractivity contribution is -0.131. The zero-order valence-corrected chi connectivity index (χ0v) is 15.9. The van der Waals surface area contributed by atoms with Gasteiger partial charge in [0.05, 0.1) is 5.57 Å². The number of hydrogen-bond acceptors (Lipinski definition) is 6. The van der Waals surface area contributed by atoms with Crippen LogP contribution in [0.2, 0.25) is 0 Å². The molecule has 1 heterocycles. The van der Waals surface area contributed by atoms with Gasteiger partial charge in [-0.2, -0.15) is 0 Å². The molecule has 0 spiro atoms. The molecule has 2 aromatic rings. The van der Waals surface area contributed by atoms with E-state index in [1.807, 2.05) is 19.1 Å². The van der Waals surface area contributed by atoms with Gasteiger partial charge in [-0.15, -0.1) is 0 Å². The smallest absolute Gasteiger partial charge is 0.328 e. The van der Waals surface area contributed by atoms with Crippen LogP contribution in [0.5, 0.6) is 11.5 Å². The average molecular weight is 394 g/mol. The Kier molecular flexibility index (Phi) is 5.87. The molecular formula is C22H22N2O5. The summed E-state index contributed by atoms with van der Waals surface area (Å²) >= 11 is 0. The van der Waals surface area contributed by atoms with Gasteiger partial charge in [-0.1, -0.05) is 29.8 Å². The van der Waals surface area contributed by atoms with Crippen molar-refractivity contribution in [3.05, 3.63) is 70.5 Å². The van der Waals surface area contributed by atoms with Gasteiger partial charge >= 0.3 is 5.97 Å². The minimum absolute atomic E-state index is 0.258. The van der Waals surface area contributed by atoms with Gasteiger partial charge in [0.15, 0.2) is 17.3 Å². The summed E-state index contributed by atoms with van der Waals surface area (Å²) in [7, 11) is 0. The third-order valence-electron chi connectivity index (χ3n) is 4.57. The highest BCUT2D eigenvalue weighted by Crippen LogP contribution is 2.35. The summed E-state index contributed by atoms with van der Waals surface area (Å²) in [6, 6.07) is 9.59. The summed E-state index contributed by atoms with van der Waals surface area (Å²) in [6.45, 7) is 3.25. The van der Waals surface area contributed by atoms with E-state index < -0.39 is 17.5 Å². The molecule has 7 heteroatoms. The van der Waals surface area contributed by atoms with Crippen LogP contribution in [-0.4, -0.2) is 40.2 Å². The second-order valence-electron chi connectivity index (χ2n) is 6.75. The predicted molar refractivity (Wildman–Crippen MR) is 109 cm³/mol. The number of aromatic hydroxyl groups is 2. The van der Waals surface area contributed by atoms with Crippen LogP contribution in [-0.2, 0) is 4.79 Å². The summed E-state index contributed by atoms with van der Waals surface area (Å²) in [6.07, 6.45) is 3.07. The Hall–Kier alpha value is -3.74. The Morgan fingerprint density at radius 1 is 1.00 bits per heavy atom. The van der Waals surface area contributed by atoms with Crippen molar-refractivity contribution >= 4 is 23.4 Å². The quantitative estimate of drug-likeness (QED) is 0.300. The number of phenols is 2. The number of nitrogens with one attached hydrogen (secondary N) is 2. The second kappa shape index (κ2) is 8.52. The Labute approximate surface area is 168 Å². The van der Waals surface area contributed by atoms with Crippen LogP contribution in [0.4, 0.5) is 0 Å². The molecule has 0 radical (unpaired) electrons. The van der Waals surface area contributed by atoms with Gasteiger partial charge in [0.1, 0.15) is 5.82 Å². The van der Waals surface area contributed by atoms with E-state index in [0.717, 1.165) is 18.1 Å². The van der Waals surface area contributed by atoms with Crippen LogP contribution in [0.1, 0.15) is 33.5 Å². The molecule has 0 amide bonds. The summed E-state index contributed by atoms with van der Waals surface area (Å²) in [5, 5.41) is 35.3. The normalized spacial score (nSPS) is 13.6. The number of aliphatic carboxylic acids is 1. The van der Waals surface area contributed by atoms with Crippen molar-refractivity contribution in [1.82, 2.24) is 10.6 Å². The highest BCUT2D eigenvalue weighted by molar-refractivity contribution is 6.30. The first-order chi connectivity index (χ1) is 13.9. The largest absolute Gasteiger partial charge is 0.504 e. The molecule has 2 aromatic carbocycles. The molecule has 7 nitrogen and oxygen atoms in total. The van der Waals surface area contributed by atoms with Gasteiger partial charge in [-0.05, 0) is 37.1 Å². The number of carbonyl (C=O) groups excluding carboxylic acids is 1. The molecule has 1 aliphatic rings. The standard InChI is InChI=1S/C22H22N2O5/c1-13-3-5-14(6-4-13)21(29)20(22-23-9-2-10-24-22)16-12-18(26)17(25)11-15(16)7-8-19(27)28/h3-8,11-12,23-26H,2,9-10H2,1H3,(H,27,28)/b8-7+. The molecule has 0 atom stereocenters. The number of allylic oxidation sites excluding steroid dienone is 1. The zero-order valence-electron chi connectivity index (χ0n) is 15.9. The maximum atomic E-state index is 13.4. The molecule has 1 fully saturated rings. The first kappa shape index (κ1) is 20.0. The first-order valence-corrected chi connectivity index (χ1v) is 9.17. The number of benzene rings is 2. The number of carbonyl (C=O) groups is 2. The first-order valence-electron chi connectivity index (χ1n) is 9.17. The molecule has 0 saturated carbocycles. The summed E-state index contributed by atoms with van der Waals surface area (Å²) in [5.41, 5.74) is 2.32. The van der Waals surface area contributed by atoms with Crippen molar-refractivity contribution in [2.75, 3.05) is 13.1 Å². The number of carboxylic acids is 1. The lowest BCUT2D eigenvalue weighted by Gasteiger charge is -2.24. The average Bonchev–Trinajstić information content (AvgIpc) is 2.70. The molecule has 150 valence electrons.